The molecule has 0 aromatic carbocycles. The summed E-state index contributed by atoms with van der Waals surface area (Å²) in [5.41, 5.74) is 1.88. The fourth-order valence-electron chi connectivity index (χ4n) is 1.63. The fourth-order valence-corrected chi connectivity index (χ4v) is 1.63. The van der Waals surface area contributed by atoms with Crippen LogP contribution in [0.15, 0.2) is 67.5 Å². The Balaban J connectivity index is 0.000000131. The van der Waals surface area contributed by atoms with Gasteiger partial charge >= 0.3 is 0 Å². The minimum Gasteiger partial charge on any atom is -0.307 e. The second kappa shape index (κ2) is 7.04. The number of hydrogen-bond donors (Lipinski definition) is 0. The van der Waals surface area contributed by atoms with Gasteiger partial charge in [0.15, 0.2) is 5.65 Å². The van der Waals surface area contributed by atoms with E-state index in [1.54, 1.807) is 23.1 Å². The zero-order valence-corrected chi connectivity index (χ0v) is 11.6. The summed E-state index contributed by atoms with van der Waals surface area (Å²) in [6.45, 7) is 4.00. The first-order valence-corrected chi connectivity index (χ1v) is 6.55. The van der Waals surface area contributed by atoms with Crippen molar-refractivity contribution in [3.63, 3.8) is 0 Å². The molecule has 0 bridgehead atoms. The van der Waals surface area contributed by atoms with Crippen LogP contribution in [0.5, 0.6) is 0 Å². The Bertz CT molecular complexity index is 630. The van der Waals surface area contributed by atoms with Crippen LogP contribution in [-0.2, 0) is 0 Å². The lowest BCUT2D eigenvalue weighted by Gasteiger charge is -1.86. The standard InChI is InChI=1S/C7H6N2.C6H5N3.C2H6/c1-2-5-9-6-4-8-7(9)3-1;1-2-6-7-4-5-9(6)8-3-1;1-2/h1-6H;1-5H;1-2H3. The molecule has 102 valence electrons. The predicted molar refractivity (Wildman–Crippen MR) is 79.5 cm³/mol. The van der Waals surface area contributed by atoms with Crippen molar-refractivity contribution in [2.24, 2.45) is 0 Å². The topological polar surface area (TPSA) is 47.5 Å². The van der Waals surface area contributed by atoms with Gasteiger partial charge in [-0.3, -0.25) is 0 Å². The van der Waals surface area contributed by atoms with Crippen molar-refractivity contribution in [2.45, 2.75) is 13.8 Å². The van der Waals surface area contributed by atoms with Crippen LogP contribution in [0.2, 0.25) is 0 Å². The third kappa shape index (κ3) is 3.20. The van der Waals surface area contributed by atoms with Crippen LogP contribution in [0.1, 0.15) is 13.8 Å². The Kier molecular flexibility index (Phi) is 4.83. The number of pyridine rings is 1. The third-order valence-electron chi connectivity index (χ3n) is 2.47. The van der Waals surface area contributed by atoms with Crippen molar-refractivity contribution in [3.05, 3.63) is 67.5 Å². The molecule has 0 aliphatic heterocycles. The summed E-state index contributed by atoms with van der Waals surface area (Å²) in [7, 11) is 0. The van der Waals surface area contributed by atoms with E-state index in [2.05, 4.69) is 15.1 Å². The minimum absolute atomic E-state index is 0.887. The highest BCUT2D eigenvalue weighted by atomic mass is 15.2. The molecule has 4 aromatic rings. The molecule has 0 spiro atoms. The molecule has 4 heterocycles. The fraction of sp³-hybridized carbons (Fsp3) is 0.133. The Morgan fingerprint density at radius 2 is 1.50 bits per heavy atom. The molecule has 20 heavy (non-hydrogen) atoms. The number of hydrogen-bond acceptors (Lipinski definition) is 3. The van der Waals surface area contributed by atoms with Crippen LogP contribution in [0.3, 0.4) is 0 Å². The second-order valence-corrected chi connectivity index (χ2v) is 3.65. The Hall–Kier alpha value is -2.69. The summed E-state index contributed by atoms with van der Waals surface area (Å²) < 4.78 is 3.69. The lowest BCUT2D eigenvalue weighted by molar-refractivity contribution is 0.936. The van der Waals surface area contributed by atoms with E-state index in [1.807, 2.05) is 67.2 Å². The summed E-state index contributed by atoms with van der Waals surface area (Å²) >= 11 is 0. The molecular formula is C15H17N5. The Morgan fingerprint density at radius 3 is 2.30 bits per heavy atom. The molecule has 0 unspecified atom stereocenters. The maximum Gasteiger partial charge on any atom is 0.153 e. The van der Waals surface area contributed by atoms with Crippen LogP contribution >= 0.6 is 0 Å². The van der Waals surface area contributed by atoms with Crippen molar-refractivity contribution >= 4 is 11.3 Å². The van der Waals surface area contributed by atoms with E-state index >= 15 is 0 Å². The van der Waals surface area contributed by atoms with Gasteiger partial charge in [-0.25, -0.2) is 14.5 Å². The molecule has 0 radical (unpaired) electrons. The number of rotatable bonds is 0. The van der Waals surface area contributed by atoms with Gasteiger partial charge < -0.3 is 4.40 Å². The molecule has 0 atom stereocenters. The van der Waals surface area contributed by atoms with Crippen molar-refractivity contribution < 1.29 is 0 Å². The van der Waals surface area contributed by atoms with E-state index in [-0.39, 0.29) is 0 Å². The first-order chi connectivity index (χ1) is 9.93. The molecule has 0 fully saturated rings. The summed E-state index contributed by atoms with van der Waals surface area (Å²) in [6.07, 6.45) is 11.0. The minimum atomic E-state index is 0.887. The van der Waals surface area contributed by atoms with Crippen LogP contribution in [0, 0.1) is 0 Å². The van der Waals surface area contributed by atoms with Crippen LogP contribution < -0.4 is 0 Å². The van der Waals surface area contributed by atoms with E-state index in [9.17, 15) is 0 Å². The lowest BCUT2D eigenvalue weighted by atomic mass is 10.5. The smallest absolute Gasteiger partial charge is 0.153 e. The van der Waals surface area contributed by atoms with E-state index in [4.69, 9.17) is 0 Å². The number of imidazole rings is 2. The molecule has 5 heteroatoms. The highest BCUT2D eigenvalue weighted by Gasteiger charge is 1.87. The van der Waals surface area contributed by atoms with Crippen LogP contribution in [0.25, 0.3) is 11.3 Å². The summed E-state index contributed by atoms with van der Waals surface area (Å²) in [5, 5.41) is 4.00. The van der Waals surface area contributed by atoms with Gasteiger partial charge in [-0.2, -0.15) is 5.10 Å². The maximum atomic E-state index is 4.08. The van der Waals surface area contributed by atoms with Crippen LogP contribution in [0.4, 0.5) is 0 Å². The molecule has 0 N–H and O–H groups in total. The molecule has 0 saturated heterocycles. The average Bonchev–Trinajstić information content (AvgIpc) is 3.18. The molecule has 0 aliphatic rings. The third-order valence-corrected chi connectivity index (χ3v) is 2.47. The maximum absolute atomic E-state index is 4.08. The number of fused-ring (bicyclic) bond motifs is 2. The summed E-state index contributed by atoms with van der Waals surface area (Å²) in [6, 6.07) is 9.70. The number of aromatic nitrogens is 5. The number of nitrogens with zero attached hydrogens (tertiary/aromatic N) is 5. The Labute approximate surface area is 117 Å². The highest BCUT2D eigenvalue weighted by molar-refractivity contribution is 5.36. The highest BCUT2D eigenvalue weighted by Crippen LogP contribution is 1.96. The molecule has 4 aromatic heterocycles. The average molecular weight is 267 g/mol. The van der Waals surface area contributed by atoms with Gasteiger partial charge in [-0.15, -0.1) is 0 Å². The van der Waals surface area contributed by atoms with Gasteiger partial charge in [0.2, 0.25) is 0 Å². The van der Waals surface area contributed by atoms with Gasteiger partial charge in [0.05, 0.1) is 0 Å². The van der Waals surface area contributed by atoms with Gasteiger partial charge in [-0.05, 0) is 24.3 Å². The molecule has 0 saturated carbocycles. The SMILES string of the molecule is CC.c1ccn2ccnc2c1.c1cnn2ccnc2c1. The van der Waals surface area contributed by atoms with Crippen molar-refractivity contribution in [1.29, 1.82) is 0 Å². The van der Waals surface area contributed by atoms with E-state index < -0.39 is 0 Å². The molecule has 0 aliphatic carbocycles. The summed E-state index contributed by atoms with van der Waals surface area (Å²) in [4.78, 5) is 8.10. The normalized spacial score (nSPS) is 9.50. The first-order valence-electron chi connectivity index (χ1n) is 6.55. The van der Waals surface area contributed by atoms with Crippen molar-refractivity contribution in [2.75, 3.05) is 0 Å². The van der Waals surface area contributed by atoms with Crippen LogP contribution in [-0.4, -0.2) is 24.0 Å². The molecule has 5 nitrogen and oxygen atoms in total. The largest absolute Gasteiger partial charge is 0.307 e. The monoisotopic (exact) mass is 267 g/mol. The van der Waals surface area contributed by atoms with Gasteiger partial charge in [-0.1, -0.05) is 19.9 Å². The molecule has 4 rings (SSSR count). The van der Waals surface area contributed by atoms with Crippen molar-refractivity contribution in [1.82, 2.24) is 24.0 Å². The lowest BCUT2D eigenvalue weighted by Crippen LogP contribution is -1.85. The zero-order valence-electron chi connectivity index (χ0n) is 11.6. The van der Waals surface area contributed by atoms with E-state index in [0.29, 0.717) is 0 Å². The molecular weight excluding hydrogens is 250 g/mol. The van der Waals surface area contributed by atoms with E-state index in [0.717, 1.165) is 11.3 Å². The molecule has 0 amide bonds. The van der Waals surface area contributed by atoms with Gasteiger partial charge in [0.25, 0.3) is 0 Å². The summed E-state index contributed by atoms with van der Waals surface area (Å²) in [5.74, 6) is 0. The second-order valence-electron chi connectivity index (χ2n) is 3.65. The zero-order chi connectivity index (χ0) is 14.2. The quantitative estimate of drug-likeness (QED) is 0.492. The first kappa shape index (κ1) is 13.7. The Morgan fingerprint density at radius 1 is 0.750 bits per heavy atom. The van der Waals surface area contributed by atoms with Crippen molar-refractivity contribution in [3.8, 4) is 0 Å². The van der Waals surface area contributed by atoms with Gasteiger partial charge in [0, 0.05) is 37.2 Å². The van der Waals surface area contributed by atoms with E-state index in [1.165, 1.54) is 0 Å². The van der Waals surface area contributed by atoms with Gasteiger partial charge in [0.1, 0.15) is 5.65 Å². The predicted octanol–water partition coefficient (Wildman–Crippen LogP) is 3.09.